The molecule has 5 heteroatoms. The lowest BCUT2D eigenvalue weighted by Crippen LogP contribution is -2.22. The maximum absolute atomic E-state index is 13.0. The van der Waals surface area contributed by atoms with Crippen LogP contribution in [0.3, 0.4) is 0 Å². The highest BCUT2D eigenvalue weighted by Gasteiger charge is 2.04. The van der Waals surface area contributed by atoms with Crippen LogP contribution >= 0.6 is 0 Å². The van der Waals surface area contributed by atoms with Crippen molar-refractivity contribution in [3.05, 3.63) is 42.0 Å². The number of nitrogens with one attached hydrogen (secondary N) is 1. The van der Waals surface area contributed by atoms with Gasteiger partial charge in [-0.15, -0.1) is 0 Å². The van der Waals surface area contributed by atoms with Gasteiger partial charge in [0.1, 0.15) is 5.82 Å². The number of hydrogen-bond acceptors (Lipinski definition) is 3. The summed E-state index contributed by atoms with van der Waals surface area (Å²) in [5.74, 6) is -0.290. The van der Waals surface area contributed by atoms with Crippen molar-refractivity contribution in [2.75, 3.05) is 0 Å². The molecule has 4 nitrogen and oxygen atoms in total. The average molecular weight is 234 g/mol. The molecule has 17 heavy (non-hydrogen) atoms. The maximum Gasteiger partial charge on any atom is 0.125 e. The minimum absolute atomic E-state index is 0.290. The largest absolute Gasteiger partial charge is 0.309 e. The summed E-state index contributed by atoms with van der Waals surface area (Å²) in [6.45, 7) is 4.79. The summed E-state index contributed by atoms with van der Waals surface area (Å²) in [6, 6.07) is 6.60. The number of benzene rings is 1. The lowest BCUT2D eigenvalue weighted by atomic mass is 10.3. The van der Waals surface area contributed by atoms with Crippen LogP contribution in [0.1, 0.15) is 19.5 Å². The molecular formula is C12H15FN4. The van der Waals surface area contributed by atoms with Crippen LogP contribution in [0.25, 0.3) is 5.69 Å². The molecule has 90 valence electrons. The Morgan fingerprint density at radius 3 is 2.94 bits per heavy atom. The average Bonchev–Trinajstić information content (AvgIpc) is 2.75. The maximum atomic E-state index is 13.0. The summed E-state index contributed by atoms with van der Waals surface area (Å²) in [5, 5.41) is 11.6. The summed E-state index contributed by atoms with van der Waals surface area (Å²) >= 11 is 0. The highest BCUT2D eigenvalue weighted by molar-refractivity contribution is 5.29. The molecule has 0 aliphatic heterocycles. The van der Waals surface area contributed by atoms with Crippen LogP contribution in [-0.2, 0) is 6.54 Å². The molecule has 1 N–H and O–H groups in total. The normalized spacial score (nSPS) is 11.1. The third-order valence-corrected chi connectivity index (χ3v) is 2.27. The second-order valence-electron chi connectivity index (χ2n) is 4.14. The van der Waals surface area contributed by atoms with E-state index in [4.69, 9.17) is 0 Å². The molecule has 2 aromatic rings. The van der Waals surface area contributed by atoms with Crippen molar-refractivity contribution >= 4 is 0 Å². The van der Waals surface area contributed by atoms with E-state index in [0.717, 1.165) is 5.69 Å². The first-order valence-corrected chi connectivity index (χ1v) is 5.55. The fourth-order valence-corrected chi connectivity index (χ4v) is 1.41. The molecule has 0 spiro atoms. The van der Waals surface area contributed by atoms with Crippen molar-refractivity contribution in [1.29, 1.82) is 0 Å². The van der Waals surface area contributed by atoms with E-state index in [2.05, 4.69) is 29.4 Å². The first-order valence-electron chi connectivity index (χ1n) is 5.55. The molecule has 0 aliphatic rings. The van der Waals surface area contributed by atoms with Crippen LogP contribution < -0.4 is 5.32 Å². The fourth-order valence-electron chi connectivity index (χ4n) is 1.41. The van der Waals surface area contributed by atoms with Gasteiger partial charge in [-0.05, 0) is 12.1 Å². The molecule has 0 radical (unpaired) electrons. The molecule has 1 aromatic heterocycles. The van der Waals surface area contributed by atoms with Crippen molar-refractivity contribution in [1.82, 2.24) is 20.3 Å². The molecule has 2 rings (SSSR count). The van der Waals surface area contributed by atoms with Crippen molar-refractivity contribution in [3.8, 4) is 5.69 Å². The second-order valence-corrected chi connectivity index (χ2v) is 4.14. The van der Waals surface area contributed by atoms with Crippen LogP contribution in [0, 0.1) is 5.82 Å². The molecule has 0 saturated carbocycles. The van der Waals surface area contributed by atoms with Crippen molar-refractivity contribution < 1.29 is 4.39 Å². The number of rotatable bonds is 4. The Kier molecular flexibility index (Phi) is 3.49. The molecule has 1 aromatic carbocycles. The van der Waals surface area contributed by atoms with Gasteiger partial charge in [-0.3, -0.25) is 0 Å². The van der Waals surface area contributed by atoms with Gasteiger partial charge in [0.2, 0.25) is 0 Å². The monoisotopic (exact) mass is 234 g/mol. The van der Waals surface area contributed by atoms with Gasteiger partial charge in [-0.2, -0.15) is 15.0 Å². The van der Waals surface area contributed by atoms with Crippen molar-refractivity contribution in [2.45, 2.75) is 26.4 Å². The number of aromatic nitrogens is 3. The van der Waals surface area contributed by atoms with Gasteiger partial charge >= 0.3 is 0 Å². The van der Waals surface area contributed by atoms with Crippen LogP contribution in [-0.4, -0.2) is 21.0 Å². The summed E-state index contributed by atoms with van der Waals surface area (Å²) in [5.41, 5.74) is 1.46. The number of hydrogen-bond donors (Lipinski definition) is 1. The molecule has 0 atom stereocenters. The van der Waals surface area contributed by atoms with Gasteiger partial charge in [0.05, 0.1) is 17.6 Å². The van der Waals surface area contributed by atoms with Crippen molar-refractivity contribution in [2.24, 2.45) is 0 Å². The molecule has 0 bridgehead atoms. The van der Waals surface area contributed by atoms with E-state index < -0.39 is 0 Å². The van der Waals surface area contributed by atoms with Crippen molar-refractivity contribution in [3.63, 3.8) is 0 Å². The first kappa shape index (κ1) is 11.7. The van der Waals surface area contributed by atoms with E-state index in [9.17, 15) is 4.39 Å². The quantitative estimate of drug-likeness (QED) is 0.878. The standard InChI is InChI=1S/C12H15FN4/c1-9(2)14-7-11-8-15-17(16-11)12-5-3-4-10(13)6-12/h3-6,8-9,14H,7H2,1-2H3. The van der Waals surface area contributed by atoms with Gasteiger partial charge in [-0.1, -0.05) is 19.9 Å². The Hall–Kier alpha value is -1.75. The van der Waals surface area contributed by atoms with E-state index >= 15 is 0 Å². The predicted molar refractivity (Wildman–Crippen MR) is 63.3 cm³/mol. The summed E-state index contributed by atoms with van der Waals surface area (Å²) in [4.78, 5) is 1.43. The van der Waals surface area contributed by atoms with Crippen LogP contribution in [0.2, 0.25) is 0 Å². The Balaban J connectivity index is 2.12. The summed E-state index contributed by atoms with van der Waals surface area (Å²) in [6.07, 6.45) is 1.68. The topological polar surface area (TPSA) is 42.7 Å². The Bertz CT molecular complexity index is 493. The zero-order chi connectivity index (χ0) is 12.3. The highest BCUT2D eigenvalue weighted by Crippen LogP contribution is 2.07. The minimum Gasteiger partial charge on any atom is -0.309 e. The van der Waals surface area contributed by atoms with Crippen LogP contribution in [0.5, 0.6) is 0 Å². The molecule has 0 amide bonds. The zero-order valence-electron chi connectivity index (χ0n) is 9.89. The van der Waals surface area contributed by atoms with Crippen LogP contribution in [0.4, 0.5) is 4.39 Å². The van der Waals surface area contributed by atoms with E-state index in [1.807, 2.05) is 0 Å². The first-order chi connectivity index (χ1) is 8.15. The van der Waals surface area contributed by atoms with Gasteiger partial charge in [0, 0.05) is 18.7 Å². The summed E-state index contributed by atoms with van der Waals surface area (Å²) < 4.78 is 13.0. The molecular weight excluding hydrogens is 219 g/mol. The number of halogens is 1. The third-order valence-electron chi connectivity index (χ3n) is 2.27. The predicted octanol–water partition coefficient (Wildman–Crippen LogP) is 1.90. The van der Waals surface area contributed by atoms with E-state index in [1.54, 1.807) is 18.3 Å². The van der Waals surface area contributed by atoms with E-state index in [-0.39, 0.29) is 5.82 Å². The van der Waals surface area contributed by atoms with E-state index in [0.29, 0.717) is 18.3 Å². The third kappa shape index (κ3) is 3.10. The minimum atomic E-state index is -0.290. The SMILES string of the molecule is CC(C)NCc1cnn(-c2cccc(F)c2)n1. The highest BCUT2D eigenvalue weighted by atomic mass is 19.1. The van der Waals surface area contributed by atoms with Crippen LogP contribution in [0.15, 0.2) is 30.5 Å². The lowest BCUT2D eigenvalue weighted by molar-refractivity contribution is 0.576. The lowest BCUT2D eigenvalue weighted by Gasteiger charge is -2.04. The van der Waals surface area contributed by atoms with E-state index in [1.165, 1.54) is 16.9 Å². The second kappa shape index (κ2) is 5.05. The smallest absolute Gasteiger partial charge is 0.125 e. The van der Waals surface area contributed by atoms with Gasteiger partial charge in [0.25, 0.3) is 0 Å². The Morgan fingerprint density at radius 2 is 2.24 bits per heavy atom. The fraction of sp³-hybridized carbons (Fsp3) is 0.333. The zero-order valence-corrected chi connectivity index (χ0v) is 9.89. The Labute approximate surface area is 99.5 Å². The molecule has 0 fully saturated rings. The molecule has 0 unspecified atom stereocenters. The molecule has 1 heterocycles. The van der Waals surface area contributed by atoms with Gasteiger partial charge in [-0.25, -0.2) is 4.39 Å². The Morgan fingerprint density at radius 1 is 1.41 bits per heavy atom. The van der Waals surface area contributed by atoms with Gasteiger partial charge < -0.3 is 5.32 Å². The number of nitrogens with zero attached hydrogens (tertiary/aromatic N) is 3. The van der Waals surface area contributed by atoms with Gasteiger partial charge in [0.15, 0.2) is 0 Å². The summed E-state index contributed by atoms with van der Waals surface area (Å²) in [7, 11) is 0. The molecule has 0 aliphatic carbocycles. The molecule has 0 saturated heterocycles.